The lowest BCUT2D eigenvalue weighted by molar-refractivity contribution is 0.0976. The van der Waals surface area contributed by atoms with E-state index in [-0.39, 0.29) is 11.2 Å². The highest BCUT2D eigenvalue weighted by Gasteiger charge is 2.27. The molecule has 0 bridgehead atoms. The highest BCUT2D eigenvalue weighted by Crippen LogP contribution is 2.26. The molecule has 1 unspecified atom stereocenters. The zero-order valence-corrected chi connectivity index (χ0v) is 10.7. The van der Waals surface area contributed by atoms with Gasteiger partial charge in [-0.05, 0) is 24.5 Å². The van der Waals surface area contributed by atoms with Crippen molar-refractivity contribution in [2.24, 2.45) is 0 Å². The van der Waals surface area contributed by atoms with Crippen molar-refractivity contribution in [1.29, 1.82) is 0 Å². The lowest BCUT2D eigenvalue weighted by atomic mass is 9.96. The van der Waals surface area contributed by atoms with E-state index >= 15 is 0 Å². The number of ketones is 1. The molecule has 0 saturated heterocycles. The van der Waals surface area contributed by atoms with E-state index in [4.69, 9.17) is 11.6 Å². The molecule has 1 aromatic carbocycles. The van der Waals surface area contributed by atoms with Crippen LogP contribution in [0, 0.1) is 0 Å². The normalized spacial score (nSPS) is 18.7. The first kappa shape index (κ1) is 11.5. The number of aromatic nitrogens is 1. The quantitative estimate of drug-likeness (QED) is 0.759. The first-order valence-electron chi connectivity index (χ1n) is 6.16. The van der Waals surface area contributed by atoms with Crippen molar-refractivity contribution in [2.75, 3.05) is 0 Å². The summed E-state index contributed by atoms with van der Waals surface area (Å²) < 4.78 is 2.16. The van der Waals surface area contributed by atoms with Gasteiger partial charge in [-0.15, -0.1) is 11.6 Å². The Morgan fingerprint density at radius 2 is 2.00 bits per heavy atom. The molecular formula is C15H14ClNO. The Kier molecular flexibility index (Phi) is 2.96. The smallest absolute Gasteiger partial charge is 0.182 e. The number of benzene rings is 1. The second kappa shape index (κ2) is 4.62. The number of Topliss-reactive ketones (excluding diaryl/α,β-unsaturated/α-hetero) is 1. The van der Waals surface area contributed by atoms with Gasteiger partial charge in [0.05, 0.1) is 5.38 Å². The molecule has 1 atom stereocenters. The Labute approximate surface area is 111 Å². The van der Waals surface area contributed by atoms with Gasteiger partial charge in [0.2, 0.25) is 0 Å². The molecule has 0 spiro atoms. The fourth-order valence-corrected chi connectivity index (χ4v) is 2.73. The topological polar surface area (TPSA) is 22.0 Å². The van der Waals surface area contributed by atoms with E-state index in [2.05, 4.69) is 16.7 Å². The van der Waals surface area contributed by atoms with Crippen LogP contribution in [-0.2, 0) is 13.0 Å². The number of rotatable bonds is 2. The Balaban J connectivity index is 1.92. The Bertz CT molecular complexity index is 573. The predicted octanol–water partition coefficient (Wildman–Crippen LogP) is 3.27. The Morgan fingerprint density at radius 1 is 1.22 bits per heavy atom. The maximum Gasteiger partial charge on any atom is 0.182 e. The van der Waals surface area contributed by atoms with Crippen LogP contribution in [0.4, 0.5) is 0 Å². The van der Waals surface area contributed by atoms with Crippen LogP contribution in [0.1, 0.15) is 28.0 Å². The van der Waals surface area contributed by atoms with Crippen LogP contribution in [0.25, 0.3) is 0 Å². The molecule has 18 heavy (non-hydrogen) atoms. The number of hydrogen-bond acceptors (Lipinski definition) is 1. The van der Waals surface area contributed by atoms with Crippen LogP contribution >= 0.6 is 11.6 Å². The molecule has 92 valence electrons. The minimum atomic E-state index is -0.343. The Hall–Kier alpha value is -1.54. The van der Waals surface area contributed by atoms with Gasteiger partial charge in [0.15, 0.2) is 5.78 Å². The molecule has 1 aromatic heterocycles. The van der Waals surface area contributed by atoms with Gasteiger partial charge in [-0.3, -0.25) is 4.79 Å². The summed E-state index contributed by atoms with van der Waals surface area (Å²) in [5.41, 5.74) is 3.18. The SMILES string of the molecule is O=C1c2ccn(Cc3ccccc3)c2CCC1Cl. The van der Waals surface area contributed by atoms with Crippen molar-refractivity contribution in [3.63, 3.8) is 0 Å². The molecule has 0 radical (unpaired) electrons. The van der Waals surface area contributed by atoms with Gasteiger partial charge >= 0.3 is 0 Å². The second-order valence-corrected chi connectivity index (χ2v) is 5.19. The molecule has 1 heterocycles. The first-order valence-corrected chi connectivity index (χ1v) is 6.59. The monoisotopic (exact) mass is 259 g/mol. The summed E-state index contributed by atoms with van der Waals surface area (Å²) in [5, 5.41) is -0.343. The summed E-state index contributed by atoms with van der Waals surface area (Å²) >= 11 is 6.01. The van der Waals surface area contributed by atoms with Gasteiger partial charge in [0.25, 0.3) is 0 Å². The maximum absolute atomic E-state index is 11.9. The minimum Gasteiger partial charge on any atom is -0.346 e. The largest absolute Gasteiger partial charge is 0.346 e. The van der Waals surface area contributed by atoms with Gasteiger partial charge in [0.1, 0.15) is 0 Å². The number of hydrogen-bond donors (Lipinski definition) is 0. The molecule has 3 rings (SSSR count). The third-order valence-electron chi connectivity index (χ3n) is 3.46. The maximum atomic E-state index is 11.9. The van der Waals surface area contributed by atoms with Gasteiger partial charge in [-0.2, -0.15) is 0 Å². The molecule has 3 heteroatoms. The van der Waals surface area contributed by atoms with Crippen molar-refractivity contribution in [3.05, 3.63) is 59.4 Å². The van der Waals surface area contributed by atoms with E-state index < -0.39 is 0 Å². The molecule has 2 nitrogen and oxygen atoms in total. The van der Waals surface area contributed by atoms with E-state index in [1.54, 1.807) is 0 Å². The van der Waals surface area contributed by atoms with Crippen LogP contribution in [-0.4, -0.2) is 15.7 Å². The number of halogens is 1. The van der Waals surface area contributed by atoms with Crippen molar-refractivity contribution in [2.45, 2.75) is 24.8 Å². The summed E-state index contributed by atoms with van der Waals surface area (Å²) in [6, 6.07) is 12.2. The summed E-state index contributed by atoms with van der Waals surface area (Å²) in [6.07, 6.45) is 3.62. The van der Waals surface area contributed by atoms with E-state index in [1.807, 2.05) is 30.5 Å². The second-order valence-electron chi connectivity index (χ2n) is 4.66. The highest BCUT2D eigenvalue weighted by molar-refractivity contribution is 6.34. The molecule has 0 fully saturated rings. The predicted molar refractivity (Wildman–Crippen MR) is 72.3 cm³/mol. The van der Waals surface area contributed by atoms with Gasteiger partial charge in [-0.25, -0.2) is 0 Å². The number of nitrogens with zero attached hydrogens (tertiary/aromatic N) is 1. The van der Waals surface area contributed by atoms with E-state index in [0.29, 0.717) is 0 Å². The van der Waals surface area contributed by atoms with Crippen LogP contribution in [0.15, 0.2) is 42.6 Å². The van der Waals surface area contributed by atoms with Crippen LogP contribution in [0.2, 0.25) is 0 Å². The Morgan fingerprint density at radius 3 is 2.78 bits per heavy atom. The van der Waals surface area contributed by atoms with Crippen LogP contribution < -0.4 is 0 Å². The molecular weight excluding hydrogens is 246 g/mol. The zero-order chi connectivity index (χ0) is 12.5. The van der Waals surface area contributed by atoms with Crippen molar-refractivity contribution in [1.82, 2.24) is 4.57 Å². The average Bonchev–Trinajstić information content (AvgIpc) is 2.79. The van der Waals surface area contributed by atoms with E-state index in [1.165, 1.54) is 5.56 Å². The third kappa shape index (κ3) is 1.97. The van der Waals surface area contributed by atoms with Gasteiger partial charge < -0.3 is 4.57 Å². The first-order chi connectivity index (χ1) is 8.75. The standard InChI is InChI=1S/C15H14ClNO/c16-13-6-7-14-12(15(13)18)8-9-17(14)10-11-4-2-1-3-5-11/h1-5,8-9,13H,6-7,10H2. The molecule has 0 amide bonds. The number of carbonyl (C=O) groups excluding carboxylic acids is 1. The summed E-state index contributed by atoms with van der Waals surface area (Å²) in [6.45, 7) is 0.816. The molecule has 1 aliphatic carbocycles. The number of carbonyl (C=O) groups is 1. The molecule has 0 N–H and O–H groups in total. The van der Waals surface area contributed by atoms with Crippen LogP contribution in [0.5, 0.6) is 0 Å². The minimum absolute atomic E-state index is 0.0738. The van der Waals surface area contributed by atoms with Crippen molar-refractivity contribution >= 4 is 17.4 Å². The van der Waals surface area contributed by atoms with E-state index in [9.17, 15) is 4.79 Å². The molecule has 1 aliphatic rings. The van der Waals surface area contributed by atoms with E-state index in [0.717, 1.165) is 30.6 Å². The van der Waals surface area contributed by atoms with Crippen molar-refractivity contribution < 1.29 is 4.79 Å². The molecule has 2 aromatic rings. The molecule has 0 aliphatic heterocycles. The van der Waals surface area contributed by atoms with Crippen LogP contribution in [0.3, 0.4) is 0 Å². The highest BCUT2D eigenvalue weighted by atomic mass is 35.5. The summed E-state index contributed by atoms with van der Waals surface area (Å²) in [5.74, 6) is 0.0738. The van der Waals surface area contributed by atoms with Crippen molar-refractivity contribution in [3.8, 4) is 0 Å². The average molecular weight is 260 g/mol. The third-order valence-corrected chi connectivity index (χ3v) is 3.88. The fraction of sp³-hybridized carbons (Fsp3) is 0.267. The van der Waals surface area contributed by atoms with Gasteiger partial charge in [0, 0.05) is 24.0 Å². The lowest BCUT2D eigenvalue weighted by Crippen LogP contribution is -2.23. The summed E-state index contributed by atoms with van der Waals surface area (Å²) in [7, 11) is 0. The lowest BCUT2D eigenvalue weighted by Gasteiger charge is -2.18. The number of fused-ring (bicyclic) bond motifs is 1. The fourth-order valence-electron chi connectivity index (χ4n) is 2.50. The van der Waals surface area contributed by atoms with Gasteiger partial charge in [-0.1, -0.05) is 30.3 Å². The summed E-state index contributed by atoms with van der Waals surface area (Å²) in [4.78, 5) is 11.9. The zero-order valence-electron chi connectivity index (χ0n) is 9.97. The molecule has 0 saturated carbocycles. The number of alkyl halides is 1.